The van der Waals surface area contributed by atoms with Crippen LogP contribution in [0, 0.1) is 18.6 Å². The lowest BCUT2D eigenvalue weighted by Gasteiger charge is -2.28. The molecule has 0 radical (unpaired) electrons. The maximum atomic E-state index is 14.8. The molecule has 2 atom stereocenters. The fraction of sp³-hybridized carbons (Fsp3) is 0.412. The molecule has 0 aliphatic heterocycles. The maximum absolute atomic E-state index is 14.8. The molecule has 0 bridgehead atoms. The van der Waals surface area contributed by atoms with Crippen LogP contribution in [0.3, 0.4) is 0 Å². The maximum Gasteiger partial charge on any atom is 0.268 e. The number of benzene rings is 2. The Balaban J connectivity index is 1.64. The SMILES string of the molecule is CO[C@H](C)Cn1nc(NS(C)(=O)=O)c2c(Cl)ccc(-n3c([C@@H](N)Cc4cc(F)cc(F)c4)nc4nc(C5CCC(F)(F)CC5)cc(C)c4c3=O)c21. The van der Waals surface area contributed by atoms with Crippen LogP contribution in [0.5, 0.6) is 0 Å². The van der Waals surface area contributed by atoms with Crippen molar-refractivity contribution in [2.24, 2.45) is 5.73 Å². The van der Waals surface area contributed by atoms with Crippen LogP contribution in [-0.2, 0) is 27.7 Å². The average Bonchev–Trinajstić information content (AvgIpc) is 3.37. The zero-order valence-corrected chi connectivity index (χ0v) is 29.8. The van der Waals surface area contributed by atoms with Crippen LogP contribution < -0.4 is 16.0 Å². The number of fused-ring (bicyclic) bond motifs is 2. The van der Waals surface area contributed by atoms with E-state index in [1.165, 1.54) is 28.5 Å². The van der Waals surface area contributed by atoms with Gasteiger partial charge in [0, 0.05) is 37.6 Å². The van der Waals surface area contributed by atoms with Crippen molar-refractivity contribution in [3.05, 3.63) is 86.1 Å². The van der Waals surface area contributed by atoms with Crippen molar-refractivity contribution in [2.45, 2.75) is 76.5 Å². The summed E-state index contributed by atoms with van der Waals surface area (Å²) >= 11 is 6.67. The van der Waals surface area contributed by atoms with Gasteiger partial charge in [-0.1, -0.05) is 11.6 Å². The van der Waals surface area contributed by atoms with Gasteiger partial charge in [-0.05, 0) is 74.6 Å². The molecule has 6 rings (SSSR count). The fourth-order valence-corrected chi connectivity index (χ4v) is 7.38. The number of nitrogens with two attached hydrogens (primary N) is 1. The topological polar surface area (TPSA) is 147 Å². The van der Waals surface area contributed by atoms with E-state index in [1.807, 2.05) is 0 Å². The largest absolute Gasteiger partial charge is 0.380 e. The molecule has 0 saturated heterocycles. The minimum Gasteiger partial charge on any atom is -0.380 e. The normalized spacial score (nSPS) is 16.5. The van der Waals surface area contributed by atoms with Gasteiger partial charge in [-0.3, -0.25) is 18.8 Å². The van der Waals surface area contributed by atoms with Crippen molar-refractivity contribution >= 4 is 49.4 Å². The molecule has 1 aliphatic rings. The summed E-state index contributed by atoms with van der Waals surface area (Å²) < 4.78 is 91.8. The lowest BCUT2D eigenvalue weighted by Crippen LogP contribution is -2.31. The summed E-state index contributed by atoms with van der Waals surface area (Å²) in [7, 11) is -2.34. The van der Waals surface area contributed by atoms with E-state index in [-0.39, 0.29) is 94.4 Å². The molecular weight excluding hydrogens is 714 g/mol. The third kappa shape index (κ3) is 7.59. The Morgan fingerprint density at radius 2 is 1.76 bits per heavy atom. The van der Waals surface area contributed by atoms with Crippen LogP contribution in [0.1, 0.15) is 67.2 Å². The number of aromatic nitrogens is 5. The number of pyridine rings is 1. The van der Waals surface area contributed by atoms with Gasteiger partial charge in [0.05, 0.1) is 51.9 Å². The highest BCUT2D eigenvalue weighted by atomic mass is 35.5. The number of ether oxygens (including phenoxy) is 1. The van der Waals surface area contributed by atoms with Gasteiger partial charge in [-0.25, -0.2) is 35.9 Å². The van der Waals surface area contributed by atoms with Crippen molar-refractivity contribution in [1.82, 2.24) is 24.3 Å². The molecule has 3 N–H and O–H groups in total. The first kappa shape index (κ1) is 36.7. The molecule has 0 amide bonds. The first-order valence-corrected chi connectivity index (χ1v) is 18.4. The molecule has 1 saturated carbocycles. The highest BCUT2D eigenvalue weighted by Gasteiger charge is 2.36. The molecule has 0 unspecified atom stereocenters. The van der Waals surface area contributed by atoms with Crippen molar-refractivity contribution in [2.75, 3.05) is 18.1 Å². The van der Waals surface area contributed by atoms with Crippen molar-refractivity contribution < 1.29 is 30.7 Å². The second-order valence-corrected chi connectivity index (χ2v) is 15.3. The van der Waals surface area contributed by atoms with Gasteiger partial charge in [-0.2, -0.15) is 5.10 Å². The zero-order chi connectivity index (χ0) is 37.0. The molecular formula is C34H36ClF4N7O4S. The molecule has 1 aliphatic carbocycles. The first-order chi connectivity index (χ1) is 23.9. The molecule has 5 aromatic rings. The highest BCUT2D eigenvalue weighted by molar-refractivity contribution is 7.92. The molecule has 11 nitrogen and oxygen atoms in total. The number of rotatable bonds is 10. The molecule has 51 heavy (non-hydrogen) atoms. The number of sulfonamides is 1. The minimum atomic E-state index is -3.84. The third-order valence-corrected chi connectivity index (χ3v) is 9.98. The van der Waals surface area contributed by atoms with Gasteiger partial charge in [0.15, 0.2) is 11.5 Å². The van der Waals surface area contributed by atoms with Crippen LogP contribution in [0.2, 0.25) is 5.02 Å². The summed E-state index contributed by atoms with van der Waals surface area (Å²) in [6, 6.07) is 6.54. The van der Waals surface area contributed by atoms with Gasteiger partial charge < -0.3 is 10.5 Å². The summed E-state index contributed by atoms with van der Waals surface area (Å²) in [6.45, 7) is 3.57. The Morgan fingerprint density at radius 3 is 2.39 bits per heavy atom. The number of hydrogen-bond acceptors (Lipinski definition) is 8. The predicted octanol–water partition coefficient (Wildman–Crippen LogP) is 6.31. The van der Waals surface area contributed by atoms with E-state index < -0.39 is 45.3 Å². The second-order valence-electron chi connectivity index (χ2n) is 13.1. The third-order valence-electron chi connectivity index (χ3n) is 9.11. The molecule has 3 aromatic heterocycles. The van der Waals surface area contributed by atoms with E-state index in [1.54, 1.807) is 19.9 Å². The minimum absolute atomic E-state index is 0.0330. The molecule has 272 valence electrons. The average molecular weight is 750 g/mol. The predicted molar refractivity (Wildman–Crippen MR) is 186 cm³/mol. The summed E-state index contributed by atoms with van der Waals surface area (Å²) in [5, 5.41) is 4.93. The van der Waals surface area contributed by atoms with Crippen LogP contribution in [0.25, 0.3) is 27.6 Å². The van der Waals surface area contributed by atoms with Crippen molar-refractivity contribution in [3.63, 3.8) is 0 Å². The van der Waals surface area contributed by atoms with E-state index in [0.29, 0.717) is 11.3 Å². The van der Waals surface area contributed by atoms with Gasteiger partial charge in [-0.15, -0.1) is 0 Å². The van der Waals surface area contributed by atoms with Crippen LogP contribution in [0.4, 0.5) is 23.4 Å². The van der Waals surface area contributed by atoms with Crippen LogP contribution >= 0.6 is 11.6 Å². The van der Waals surface area contributed by atoms with Crippen molar-refractivity contribution in [3.8, 4) is 5.69 Å². The summed E-state index contributed by atoms with van der Waals surface area (Å²) in [5.41, 5.74) is 7.81. The van der Waals surface area contributed by atoms with E-state index in [9.17, 15) is 30.8 Å². The summed E-state index contributed by atoms with van der Waals surface area (Å²) in [6.07, 6.45) is 0.215. The quantitative estimate of drug-likeness (QED) is 0.158. The lowest BCUT2D eigenvalue weighted by molar-refractivity contribution is -0.0384. The molecule has 17 heteroatoms. The first-order valence-electron chi connectivity index (χ1n) is 16.2. The Kier molecular flexibility index (Phi) is 9.91. The number of hydrogen-bond donors (Lipinski definition) is 2. The van der Waals surface area contributed by atoms with E-state index in [4.69, 9.17) is 32.0 Å². The fourth-order valence-electron chi connectivity index (χ4n) is 6.64. The molecule has 2 aromatic carbocycles. The Labute approximate surface area is 295 Å². The Morgan fingerprint density at radius 1 is 1.10 bits per heavy atom. The van der Waals surface area contributed by atoms with Gasteiger partial charge in [0.25, 0.3) is 5.56 Å². The van der Waals surface area contributed by atoms with Gasteiger partial charge in [0.1, 0.15) is 17.5 Å². The summed E-state index contributed by atoms with van der Waals surface area (Å²) in [4.78, 5) is 24.3. The zero-order valence-electron chi connectivity index (χ0n) is 28.2. The number of methoxy groups -OCH3 is 1. The monoisotopic (exact) mass is 749 g/mol. The van der Waals surface area contributed by atoms with Crippen molar-refractivity contribution in [1.29, 1.82) is 0 Å². The number of nitrogens with zero attached hydrogens (tertiary/aromatic N) is 5. The Bertz CT molecular complexity index is 2300. The number of anilines is 1. The van der Waals surface area contributed by atoms with E-state index in [0.717, 1.165) is 24.5 Å². The van der Waals surface area contributed by atoms with Gasteiger partial charge in [0.2, 0.25) is 15.9 Å². The van der Waals surface area contributed by atoms with Gasteiger partial charge >= 0.3 is 0 Å². The molecule has 3 heterocycles. The Hall–Kier alpha value is -4.12. The molecule has 0 spiro atoms. The van der Waals surface area contributed by atoms with Crippen LogP contribution in [-0.4, -0.2) is 58.1 Å². The van der Waals surface area contributed by atoms with E-state index >= 15 is 0 Å². The number of aryl methyl sites for hydroxylation is 1. The van der Waals surface area contributed by atoms with E-state index in [2.05, 4.69) is 9.82 Å². The lowest BCUT2D eigenvalue weighted by atomic mass is 9.84. The number of halogens is 5. The number of alkyl halides is 2. The highest BCUT2D eigenvalue weighted by Crippen LogP contribution is 2.41. The smallest absolute Gasteiger partial charge is 0.268 e. The standard InChI is InChI=1S/C34H36ClF4N7O4S/c1-17-11-25(20-7-9-34(38,39)10-8-20)41-30-27(17)33(47)46(32(42-30)24(40)14-19-12-21(36)15-22(37)13-19)26-6-5-23(35)28-29(26)45(16-18(2)50-3)43-31(28)44-51(4,48)49/h5-6,11-13,15,18,20,24H,7-10,14,16,40H2,1-4H3,(H,43,44)/t18-,24+/m1/s1. The van der Waals surface area contributed by atoms with Crippen LogP contribution in [0.15, 0.2) is 41.2 Å². The number of nitrogens with one attached hydrogen (secondary N) is 1. The summed E-state index contributed by atoms with van der Waals surface area (Å²) in [5.74, 6) is -4.79. The second kappa shape index (κ2) is 13.8. The molecule has 1 fully saturated rings.